The molecule has 2 aliphatic heterocycles. The third-order valence-electron chi connectivity index (χ3n) is 5.68. The minimum Gasteiger partial charge on any atom is -0.350 e. The van der Waals surface area contributed by atoms with E-state index in [-0.39, 0.29) is 5.91 Å². The van der Waals surface area contributed by atoms with Crippen molar-refractivity contribution in [3.63, 3.8) is 0 Å². The standard InChI is InChI=1S/C18H27N3O2/c22-18(17-15-7-1-2-8-16(15)19-23-17)21-11-5-6-14(13-21)12-20-9-3-4-10-20/h14H,1-13H2/t14-/m0/s1. The summed E-state index contributed by atoms with van der Waals surface area (Å²) in [5.74, 6) is 1.22. The molecule has 0 unspecified atom stereocenters. The van der Waals surface area contributed by atoms with Crippen molar-refractivity contribution in [1.82, 2.24) is 15.0 Å². The van der Waals surface area contributed by atoms with Crippen LogP contribution in [0.15, 0.2) is 4.52 Å². The van der Waals surface area contributed by atoms with Gasteiger partial charge in [-0.25, -0.2) is 0 Å². The lowest BCUT2D eigenvalue weighted by Gasteiger charge is -2.34. The number of amides is 1. The minimum atomic E-state index is 0.0757. The van der Waals surface area contributed by atoms with Crippen molar-refractivity contribution < 1.29 is 9.32 Å². The van der Waals surface area contributed by atoms with Gasteiger partial charge in [-0.1, -0.05) is 5.16 Å². The van der Waals surface area contributed by atoms with E-state index in [4.69, 9.17) is 4.52 Å². The van der Waals surface area contributed by atoms with E-state index in [2.05, 4.69) is 10.1 Å². The molecule has 5 nitrogen and oxygen atoms in total. The fourth-order valence-corrected chi connectivity index (χ4v) is 4.43. The van der Waals surface area contributed by atoms with E-state index in [0.717, 1.165) is 63.0 Å². The van der Waals surface area contributed by atoms with E-state index in [1.54, 1.807) is 0 Å². The number of nitrogens with zero attached hydrogens (tertiary/aromatic N) is 3. The van der Waals surface area contributed by atoms with Gasteiger partial charge in [-0.2, -0.15) is 0 Å². The summed E-state index contributed by atoms with van der Waals surface area (Å²) in [4.78, 5) is 17.5. The zero-order valence-corrected chi connectivity index (χ0v) is 13.9. The molecule has 0 bridgehead atoms. The molecule has 3 aliphatic rings. The predicted molar refractivity (Wildman–Crippen MR) is 87.4 cm³/mol. The Morgan fingerprint density at radius 3 is 2.78 bits per heavy atom. The third-order valence-corrected chi connectivity index (χ3v) is 5.68. The van der Waals surface area contributed by atoms with Crippen LogP contribution in [0.2, 0.25) is 0 Å². The molecule has 1 atom stereocenters. The van der Waals surface area contributed by atoms with E-state index in [9.17, 15) is 4.79 Å². The Balaban J connectivity index is 1.42. The number of hydrogen-bond donors (Lipinski definition) is 0. The zero-order chi connectivity index (χ0) is 15.6. The maximum atomic E-state index is 12.9. The smallest absolute Gasteiger partial charge is 0.292 e. The molecule has 0 spiro atoms. The highest BCUT2D eigenvalue weighted by atomic mass is 16.5. The fourth-order valence-electron chi connectivity index (χ4n) is 4.43. The molecule has 1 amide bonds. The Kier molecular flexibility index (Phi) is 4.38. The predicted octanol–water partition coefficient (Wildman–Crippen LogP) is 2.50. The fraction of sp³-hybridized carbons (Fsp3) is 0.778. The topological polar surface area (TPSA) is 49.6 Å². The lowest BCUT2D eigenvalue weighted by Crippen LogP contribution is -2.43. The van der Waals surface area contributed by atoms with Gasteiger partial charge in [-0.3, -0.25) is 4.79 Å². The number of rotatable bonds is 3. The molecule has 1 aromatic rings. The number of likely N-dealkylation sites (tertiary alicyclic amines) is 2. The van der Waals surface area contributed by atoms with Gasteiger partial charge < -0.3 is 14.3 Å². The molecule has 0 radical (unpaired) electrons. The maximum Gasteiger partial charge on any atom is 0.292 e. The summed E-state index contributed by atoms with van der Waals surface area (Å²) in [6.07, 6.45) is 9.24. The summed E-state index contributed by atoms with van der Waals surface area (Å²) >= 11 is 0. The SMILES string of the molecule is O=C(c1onc2c1CCCC2)N1CCC[C@@H](CN2CCCC2)C1. The number of hydrogen-bond acceptors (Lipinski definition) is 4. The molecular formula is C18H27N3O2. The van der Waals surface area contributed by atoms with Gasteiger partial charge in [0.2, 0.25) is 5.76 Å². The Morgan fingerprint density at radius 1 is 1.09 bits per heavy atom. The maximum absolute atomic E-state index is 12.9. The van der Waals surface area contributed by atoms with Crippen LogP contribution in [0, 0.1) is 5.92 Å². The first-order valence-electron chi connectivity index (χ1n) is 9.30. The summed E-state index contributed by atoms with van der Waals surface area (Å²) < 4.78 is 5.45. The molecule has 0 N–H and O–H groups in total. The summed E-state index contributed by atoms with van der Waals surface area (Å²) in [6, 6.07) is 0. The monoisotopic (exact) mass is 317 g/mol. The summed E-state index contributed by atoms with van der Waals surface area (Å²) in [5, 5.41) is 4.14. The Bertz CT molecular complexity index is 563. The molecule has 126 valence electrons. The van der Waals surface area contributed by atoms with Gasteiger partial charge in [0.1, 0.15) is 0 Å². The first kappa shape index (κ1) is 15.2. The van der Waals surface area contributed by atoms with Crippen LogP contribution >= 0.6 is 0 Å². The van der Waals surface area contributed by atoms with Gasteiger partial charge in [0, 0.05) is 25.2 Å². The van der Waals surface area contributed by atoms with Crippen molar-refractivity contribution in [1.29, 1.82) is 0 Å². The quantitative estimate of drug-likeness (QED) is 0.859. The first-order valence-corrected chi connectivity index (χ1v) is 9.30. The van der Waals surface area contributed by atoms with E-state index in [0.29, 0.717) is 11.7 Å². The molecule has 0 saturated carbocycles. The second kappa shape index (κ2) is 6.63. The Hall–Kier alpha value is -1.36. The first-order chi connectivity index (χ1) is 11.3. The normalized spacial score (nSPS) is 25.6. The second-order valence-electron chi connectivity index (χ2n) is 7.41. The summed E-state index contributed by atoms with van der Waals surface area (Å²) in [7, 11) is 0. The van der Waals surface area contributed by atoms with E-state index in [1.807, 2.05) is 4.90 Å². The summed E-state index contributed by atoms with van der Waals surface area (Å²) in [5.41, 5.74) is 2.10. The molecule has 1 aliphatic carbocycles. The van der Waals surface area contributed by atoms with Crippen molar-refractivity contribution >= 4 is 5.91 Å². The van der Waals surface area contributed by atoms with Crippen LogP contribution in [0.3, 0.4) is 0 Å². The van der Waals surface area contributed by atoms with Crippen molar-refractivity contribution in [2.75, 3.05) is 32.7 Å². The van der Waals surface area contributed by atoms with Gasteiger partial charge in [0.15, 0.2) is 0 Å². The van der Waals surface area contributed by atoms with Gasteiger partial charge in [-0.15, -0.1) is 0 Å². The number of aryl methyl sites for hydroxylation is 1. The van der Waals surface area contributed by atoms with Gasteiger partial charge >= 0.3 is 0 Å². The summed E-state index contributed by atoms with van der Waals surface area (Å²) in [6.45, 7) is 5.37. The van der Waals surface area contributed by atoms with Crippen LogP contribution < -0.4 is 0 Å². The van der Waals surface area contributed by atoms with E-state index >= 15 is 0 Å². The molecule has 2 saturated heterocycles. The molecule has 3 heterocycles. The van der Waals surface area contributed by atoms with Gasteiger partial charge in [-0.05, 0) is 70.4 Å². The molecule has 1 aromatic heterocycles. The average molecular weight is 317 g/mol. The minimum absolute atomic E-state index is 0.0757. The highest BCUT2D eigenvalue weighted by Crippen LogP contribution is 2.27. The van der Waals surface area contributed by atoms with Crippen LogP contribution in [-0.4, -0.2) is 53.6 Å². The third kappa shape index (κ3) is 3.16. The Morgan fingerprint density at radius 2 is 1.91 bits per heavy atom. The van der Waals surface area contributed by atoms with Crippen molar-refractivity contribution in [3.05, 3.63) is 17.0 Å². The van der Waals surface area contributed by atoms with Gasteiger partial charge in [0.05, 0.1) is 5.69 Å². The van der Waals surface area contributed by atoms with E-state index < -0.39 is 0 Å². The van der Waals surface area contributed by atoms with Crippen LogP contribution in [0.5, 0.6) is 0 Å². The molecular weight excluding hydrogens is 290 g/mol. The van der Waals surface area contributed by atoms with Crippen LogP contribution in [0.25, 0.3) is 0 Å². The lowest BCUT2D eigenvalue weighted by atomic mass is 9.94. The lowest BCUT2D eigenvalue weighted by molar-refractivity contribution is 0.0606. The Labute approximate surface area is 138 Å². The molecule has 5 heteroatoms. The second-order valence-corrected chi connectivity index (χ2v) is 7.41. The average Bonchev–Trinajstić information content (AvgIpc) is 3.24. The van der Waals surface area contributed by atoms with Crippen LogP contribution in [0.1, 0.15) is 60.3 Å². The molecule has 4 rings (SSSR count). The molecule has 0 aromatic carbocycles. The highest BCUT2D eigenvalue weighted by molar-refractivity contribution is 5.93. The van der Waals surface area contributed by atoms with Gasteiger partial charge in [0.25, 0.3) is 5.91 Å². The largest absolute Gasteiger partial charge is 0.350 e. The van der Waals surface area contributed by atoms with Crippen LogP contribution in [0.4, 0.5) is 0 Å². The zero-order valence-electron chi connectivity index (χ0n) is 13.9. The number of carbonyl (C=O) groups is 1. The van der Waals surface area contributed by atoms with Crippen molar-refractivity contribution in [2.24, 2.45) is 5.92 Å². The number of piperidine rings is 1. The number of fused-ring (bicyclic) bond motifs is 1. The van der Waals surface area contributed by atoms with E-state index in [1.165, 1.54) is 32.4 Å². The van der Waals surface area contributed by atoms with Crippen molar-refractivity contribution in [2.45, 2.75) is 51.4 Å². The molecule has 23 heavy (non-hydrogen) atoms. The van der Waals surface area contributed by atoms with Crippen LogP contribution in [-0.2, 0) is 12.8 Å². The number of carbonyl (C=O) groups excluding carboxylic acids is 1. The van der Waals surface area contributed by atoms with Crippen molar-refractivity contribution in [3.8, 4) is 0 Å². The highest BCUT2D eigenvalue weighted by Gasteiger charge is 2.31. The number of aromatic nitrogens is 1. The molecule has 2 fully saturated rings.